The average molecular weight is 278 g/mol. The maximum absolute atomic E-state index is 5.83. The van der Waals surface area contributed by atoms with E-state index in [4.69, 9.17) is 22.1 Å². The normalized spacial score (nSPS) is 10.2. The summed E-state index contributed by atoms with van der Waals surface area (Å²) < 4.78 is 5.12. The van der Waals surface area contributed by atoms with Crippen molar-refractivity contribution in [3.8, 4) is 5.75 Å². The van der Waals surface area contributed by atoms with E-state index >= 15 is 0 Å². The number of nitrogens with zero attached hydrogens (tertiary/aromatic N) is 1. The Morgan fingerprint density at radius 2 is 1.95 bits per heavy atom. The molecule has 1 aromatic carbocycles. The van der Waals surface area contributed by atoms with Crippen molar-refractivity contribution in [1.82, 2.24) is 4.98 Å². The van der Waals surface area contributed by atoms with Gasteiger partial charge < -0.3 is 15.8 Å². The third-order valence-electron chi connectivity index (χ3n) is 2.76. The van der Waals surface area contributed by atoms with E-state index in [1.54, 1.807) is 19.2 Å². The van der Waals surface area contributed by atoms with E-state index in [1.165, 1.54) is 5.56 Å². The molecule has 5 heteroatoms. The van der Waals surface area contributed by atoms with Gasteiger partial charge >= 0.3 is 0 Å². The first-order valence-electron chi connectivity index (χ1n) is 5.98. The summed E-state index contributed by atoms with van der Waals surface area (Å²) in [6.45, 7) is 0.740. The Hall–Kier alpha value is -1.94. The molecule has 100 valence electrons. The van der Waals surface area contributed by atoms with Crippen molar-refractivity contribution >= 4 is 23.1 Å². The predicted molar refractivity (Wildman–Crippen MR) is 78.8 cm³/mol. The second-order valence-corrected chi connectivity index (χ2v) is 4.48. The largest absolute Gasteiger partial charge is 0.497 e. The van der Waals surface area contributed by atoms with Gasteiger partial charge in [0.2, 0.25) is 0 Å². The molecule has 0 spiro atoms. The lowest BCUT2D eigenvalue weighted by molar-refractivity contribution is 0.414. The van der Waals surface area contributed by atoms with Crippen molar-refractivity contribution in [2.24, 2.45) is 0 Å². The van der Waals surface area contributed by atoms with Gasteiger partial charge in [0.05, 0.1) is 12.8 Å². The van der Waals surface area contributed by atoms with Gasteiger partial charge in [0.15, 0.2) is 5.82 Å². The number of hydrogen-bond donors (Lipinski definition) is 2. The van der Waals surface area contributed by atoms with Gasteiger partial charge in [0, 0.05) is 6.54 Å². The zero-order valence-corrected chi connectivity index (χ0v) is 11.4. The van der Waals surface area contributed by atoms with Crippen LogP contribution in [0.5, 0.6) is 5.75 Å². The third kappa shape index (κ3) is 3.76. The van der Waals surface area contributed by atoms with Crippen LogP contribution in [0.25, 0.3) is 0 Å². The Kier molecular flexibility index (Phi) is 4.47. The van der Waals surface area contributed by atoms with Crippen molar-refractivity contribution in [2.45, 2.75) is 6.42 Å². The summed E-state index contributed by atoms with van der Waals surface area (Å²) in [6, 6.07) is 11.4. The number of pyridine rings is 1. The lowest BCUT2D eigenvalue weighted by atomic mass is 10.1. The van der Waals surface area contributed by atoms with Crippen molar-refractivity contribution in [2.75, 3.05) is 24.7 Å². The quantitative estimate of drug-likeness (QED) is 0.825. The summed E-state index contributed by atoms with van der Waals surface area (Å²) in [5, 5.41) is 3.61. The van der Waals surface area contributed by atoms with Crippen LogP contribution >= 0.6 is 11.6 Å². The van der Waals surface area contributed by atoms with Crippen LogP contribution in [0.3, 0.4) is 0 Å². The molecule has 0 amide bonds. The molecular weight excluding hydrogens is 262 g/mol. The smallest absolute Gasteiger partial charge is 0.150 e. The van der Waals surface area contributed by atoms with Crippen LogP contribution in [0.15, 0.2) is 36.4 Å². The monoisotopic (exact) mass is 277 g/mol. The standard InChI is InChI=1S/C14H16ClN3O/c1-19-11-4-2-10(3-5-11)8-9-17-14-12(16)6-7-13(15)18-14/h2-7H,8-9,16H2,1H3,(H,17,18). The molecule has 1 heterocycles. The Bertz CT molecular complexity index is 543. The molecule has 0 bridgehead atoms. The second-order valence-electron chi connectivity index (χ2n) is 4.10. The minimum Gasteiger partial charge on any atom is -0.497 e. The number of anilines is 2. The van der Waals surface area contributed by atoms with Gasteiger partial charge in [-0.25, -0.2) is 4.98 Å². The molecule has 1 aromatic heterocycles. The molecular formula is C14H16ClN3O. The number of aromatic nitrogens is 1. The molecule has 0 unspecified atom stereocenters. The highest BCUT2D eigenvalue weighted by atomic mass is 35.5. The van der Waals surface area contributed by atoms with Gasteiger partial charge in [0.1, 0.15) is 10.9 Å². The summed E-state index contributed by atoms with van der Waals surface area (Å²) in [6.07, 6.45) is 0.873. The fourth-order valence-electron chi connectivity index (χ4n) is 1.71. The molecule has 2 rings (SSSR count). The van der Waals surface area contributed by atoms with Crippen LogP contribution in [0, 0.1) is 0 Å². The molecule has 2 aromatic rings. The van der Waals surface area contributed by atoms with E-state index in [1.807, 2.05) is 24.3 Å². The molecule has 0 radical (unpaired) electrons. The molecule has 0 saturated carbocycles. The number of benzene rings is 1. The van der Waals surface area contributed by atoms with Crippen molar-refractivity contribution < 1.29 is 4.74 Å². The second kappa shape index (κ2) is 6.29. The Morgan fingerprint density at radius 3 is 2.63 bits per heavy atom. The predicted octanol–water partition coefficient (Wildman–Crippen LogP) is 2.98. The number of nitrogens with one attached hydrogen (secondary N) is 1. The highest BCUT2D eigenvalue weighted by Crippen LogP contribution is 2.18. The van der Waals surface area contributed by atoms with Crippen LogP contribution < -0.4 is 15.8 Å². The highest BCUT2D eigenvalue weighted by Gasteiger charge is 2.01. The van der Waals surface area contributed by atoms with E-state index in [9.17, 15) is 0 Å². The molecule has 0 aliphatic carbocycles. The summed E-state index contributed by atoms with van der Waals surface area (Å²) in [4.78, 5) is 4.14. The molecule has 0 fully saturated rings. The first-order valence-corrected chi connectivity index (χ1v) is 6.35. The Labute approximate surface area is 117 Å². The van der Waals surface area contributed by atoms with Gasteiger partial charge in [-0.05, 0) is 36.2 Å². The van der Waals surface area contributed by atoms with Crippen LogP contribution in [0.4, 0.5) is 11.5 Å². The van der Waals surface area contributed by atoms with Crippen molar-refractivity contribution in [3.05, 3.63) is 47.1 Å². The number of hydrogen-bond acceptors (Lipinski definition) is 4. The average Bonchev–Trinajstić information content (AvgIpc) is 2.43. The molecule has 0 aliphatic rings. The SMILES string of the molecule is COc1ccc(CCNc2nc(Cl)ccc2N)cc1. The molecule has 0 saturated heterocycles. The zero-order valence-electron chi connectivity index (χ0n) is 10.7. The van der Waals surface area contributed by atoms with E-state index < -0.39 is 0 Å². The lowest BCUT2D eigenvalue weighted by Crippen LogP contribution is -2.08. The Morgan fingerprint density at radius 1 is 1.21 bits per heavy atom. The maximum atomic E-state index is 5.83. The molecule has 0 aliphatic heterocycles. The first kappa shape index (κ1) is 13.5. The van der Waals surface area contributed by atoms with Gasteiger partial charge in [0.25, 0.3) is 0 Å². The number of methoxy groups -OCH3 is 1. The number of nitrogen functional groups attached to an aromatic ring is 1. The topological polar surface area (TPSA) is 60.2 Å². The third-order valence-corrected chi connectivity index (χ3v) is 2.97. The Balaban J connectivity index is 1.90. The fraction of sp³-hybridized carbons (Fsp3) is 0.214. The van der Waals surface area contributed by atoms with Crippen LogP contribution in [0.1, 0.15) is 5.56 Å². The van der Waals surface area contributed by atoms with Gasteiger partial charge in [-0.2, -0.15) is 0 Å². The van der Waals surface area contributed by atoms with Crippen LogP contribution in [0.2, 0.25) is 5.15 Å². The van der Waals surface area contributed by atoms with Crippen molar-refractivity contribution in [1.29, 1.82) is 0 Å². The summed E-state index contributed by atoms with van der Waals surface area (Å²) in [5.41, 5.74) is 7.62. The van der Waals surface area contributed by atoms with E-state index in [0.717, 1.165) is 18.7 Å². The fourth-order valence-corrected chi connectivity index (χ4v) is 1.85. The number of nitrogens with two attached hydrogens (primary N) is 1. The van der Waals surface area contributed by atoms with Gasteiger partial charge in [-0.15, -0.1) is 0 Å². The van der Waals surface area contributed by atoms with E-state index in [-0.39, 0.29) is 0 Å². The molecule has 0 atom stereocenters. The van der Waals surface area contributed by atoms with Gasteiger partial charge in [-0.1, -0.05) is 23.7 Å². The van der Waals surface area contributed by atoms with Crippen LogP contribution in [-0.2, 0) is 6.42 Å². The zero-order chi connectivity index (χ0) is 13.7. The maximum Gasteiger partial charge on any atom is 0.150 e. The van der Waals surface area contributed by atoms with Crippen LogP contribution in [-0.4, -0.2) is 18.6 Å². The molecule has 19 heavy (non-hydrogen) atoms. The van der Waals surface area contributed by atoms with Gasteiger partial charge in [-0.3, -0.25) is 0 Å². The summed E-state index contributed by atoms with van der Waals surface area (Å²) in [7, 11) is 1.66. The minimum absolute atomic E-state index is 0.432. The summed E-state index contributed by atoms with van der Waals surface area (Å²) in [5.74, 6) is 1.48. The van der Waals surface area contributed by atoms with E-state index in [0.29, 0.717) is 16.7 Å². The summed E-state index contributed by atoms with van der Waals surface area (Å²) >= 11 is 5.83. The number of ether oxygens (including phenoxy) is 1. The highest BCUT2D eigenvalue weighted by molar-refractivity contribution is 6.29. The van der Waals surface area contributed by atoms with E-state index in [2.05, 4.69) is 10.3 Å². The number of halogens is 1. The van der Waals surface area contributed by atoms with Crippen molar-refractivity contribution in [3.63, 3.8) is 0 Å². The first-order chi connectivity index (χ1) is 9.19. The molecule has 4 nitrogen and oxygen atoms in total. The molecule has 3 N–H and O–H groups in total. The lowest BCUT2D eigenvalue weighted by Gasteiger charge is -2.09. The minimum atomic E-state index is 0.432. The number of rotatable bonds is 5.